The van der Waals surface area contributed by atoms with E-state index in [9.17, 15) is 14.4 Å². The van der Waals surface area contributed by atoms with Crippen molar-refractivity contribution in [3.8, 4) is 0 Å². The first-order chi connectivity index (χ1) is 41.0. The van der Waals surface area contributed by atoms with Crippen LogP contribution in [0, 0.1) is 0 Å². The number of unbranched alkanes of at least 4 members (excludes halogenated alkanes) is 26. The molecule has 0 bridgehead atoms. The van der Waals surface area contributed by atoms with Gasteiger partial charge in [0.05, 0.1) is 0 Å². The summed E-state index contributed by atoms with van der Waals surface area (Å²) in [6.45, 7) is 6.38. The van der Waals surface area contributed by atoms with E-state index in [0.717, 1.165) is 154 Å². The Bertz CT molecular complexity index is 1800. The number of rotatable bonds is 61. The highest BCUT2D eigenvalue weighted by Gasteiger charge is 2.19. The topological polar surface area (TPSA) is 78.9 Å². The van der Waals surface area contributed by atoms with Crippen LogP contribution in [0.2, 0.25) is 0 Å². The molecule has 0 radical (unpaired) electrons. The molecule has 6 heteroatoms. The molecule has 0 fully saturated rings. The highest BCUT2D eigenvalue weighted by molar-refractivity contribution is 5.71. The van der Waals surface area contributed by atoms with Crippen LogP contribution in [0.5, 0.6) is 0 Å². The molecule has 0 saturated heterocycles. The Morgan fingerprint density at radius 2 is 0.470 bits per heavy atom. The number of ether oxygens (including phenoxy) is 3. The fourth-order valence-electron chi connectivity index (χ4n) is 9.23. The van der Waals surface area contributed by atoms with E-state index in [1.165, 1.54) is 109 Å². The van der Waals surface area contributed by atoms with Crippen LogP contribution in [0.15, 0.2) is 146 Å². The maximum absolute atomic E-state index is 13.0. The van der Waals surface area contributed by atoms with Crippen molar-refractivity contribution < 1.29 is 28.6 Å². The van der Waals surface area contributed by atoms with E-state index in [1.807, 2.05) is 0 Å². The van der Waals surface area contributed by atoms with E-state index in [1.54, 1.807) is 0 Å². The van der Waals surface area contributed by atoms with Gasteiger partial charge in [0.15, 0.2) is 6.10 Å². The van der Waals surface area contributed by atoms with Crippen LogP contribution in [0.25, 0.3) is 0 Å². The quantitative estimate of drug-likeness (QED) is 0.0261. The van der Waals surface area contributed by atoms with Gasteiger partial charge in [0.25, 0.3) is 0 Å². The van der Waals surface area contributed by atoms with Gasteiger partial charge in [0, 0.05) is 19.3 Å². The zero-order valence-corrected chi connectivity index (χ0v) is 53.9. The maximum Gasteiger partial charge on any atom is 0.306 e. The fourth-order valence-corrected chi connectivity index (χ4v) is 9.23. The lowest BCUT2D eigenvalue weighted by atomic mass is 10.0. The van der Waals surface area contributed by atoms with E-state index in [-0.39, 0.29) is 31.1 Å². The minimum atomic E-state index is -0.801. The smallest absolute Gasteiger partial charge is 0.306 e. The molecule has 83 heavy (non-hydrogen) atoms. The Hall–Kier alpha value is -4.71. The Balaban J connectivity index is 4.42. The Kier molecular flexibility index (Phi) is 65.8. The van der Waals surface area contributed by atoms with Crippen LogP contribution < -0.4 is 0 Å². The summed E-state index contributed by atoms with van der Waals surface area (Å²) in [5, 5.41) is 0. The molecule has 0 aromatic rings. The lowest BCUT2D eigenvalue weighted by Crippen LogP contribution is -2.30. The predicted octanol–water partition coefficient (Wildman–Crippen LogP) is 23.9. The molecule has 470 valence electrons. The summed E-state index contributed by atoms with van der Waals surface area (Å²) in [6, 6.07) is 0. The zero-order chi connectivity index (χ0) is 59.9. The van der Waals surface area contributed by atoms with Crippen LogP contribution >= 0.6 is 0 Å². The van der Waals surface area contributed by atoms with Gasteiger partial charge < -0.3 is 14.2 Å². The second-order valence-electron chi connectivity index (χ2n) is 22.3. The van der Waals surface area contributed by atoms with Gasteiger partial charge >= 0.3 is 17.9 Å². The fraction of sp³-hybridized carbons (Fsp3) is 0.649. The van der Waals surface area contributed by atoms with Crippen LogP contribution in [-0.4, -0.2) is 37.2 Å². The third-order valence-electron chi connectivity index (χ3n) is 14.3. The van der Waals surface area contributed by atoms with Crippen LogP contribution in [0.4, 0.5) is 0 Å². The SMILES string of the molecule is CC/C=C\C/C=C\C/C=C\C/C=C\C/C=C\CCCCCCCCCCCCCC(=O)OCC(COC(=O)CCCCCCCCC/C=C\C/C=C\CCCCC)OC(=O)CCCCCCC/C=C\C/C=C\C/C=C\C/C=C\C/C=C\CC. The van der Waals surface area contributed by atoms with Crippen molar-refractivity contribution in [2.45, 2.75) is 309 Å². The van der Waals surface area contributed by atoms with Crippen molar-refractivity contribution in [3.05, 3.63) is 146 Å². The van der Waals surface area contributed by atoms with Crippen molar-refractivity contribution in [1.29, 1.82) is 0 Å². The highest BCUT2D eigenvalue weighted by Crippen LogP contribution is 2.16. The Morgan fingerprint density at radius 1 is 0.253 bits per heavy atom. The first kappa shape index (κ1) is 78.3. The van der Waals surface area contributed by atoms with Gasteiger partial charge in [0.2, 0.25) is 0 Å². The summed E-state index contributed by atoms with van der Waals surface area (Å²) in [5.41, 5.74) is 0. The Labute approximate surface area is 512 Å². The molecule has 0 aromatic heterocycles. The van der Waals surface area contributed by atoms with E-state index in [2.05, 4.69) is 167 Å². The molecule has 0 aliphatic rings. The summed E-state index contributed by atoms with van der Waals surface area (Å²) >= 11 is 0. The van der Waals surface area contributed by atoms with Crippen LogP contribution in [-0.2, 0) is 28.6 Å². The normalized spacial score (nSPS) is 13.0. The number of hydrogen-bond acceptors (Lipinski definition) is 6. The molecular formula is C77H126O6. The molecule has 1 unspecified atom stereocenters. The predicted molar refractivity (Wildman–Crippen MR) is 362 cm³/mol. The van der Waals surface area contributed by atoms with Crippen molar-refractivity contribution in [2.75, 3.05) is 13.2 Å². The molecular weight excluding hydrogens is 1020 g/mol. The van der Waals surface area contributed by atoms with Gasteiger partial charge in [-0.3, -0.25) is 14.4 Å². The average Bonchev–Trinajstić information content (AvgIpc) is 3.49. The molecule has 0 amide bonds. The molecule has 1 atom stereocenters. The van der Waals surface area contributed by atoms with Gasteiger partial charge in [0.1, 0.15) is 13.2 Å². The van der Waals surface area contributed by atoms with Crippen molar-refractivity contribution in [1.82, 2.24) is 0 Å². The van der Waals surface area contributed by atoms with Crippen molar-refractivity contribution >= 4 is 17.9 Å². The van der Waals surface area contributed by atoms with Crippen molar-refractivity contribution in [2.24, 2.45) is 0 Å². The number of esters is 3. The third kappa shape index (κ3) is 68.0. The molecule has 0 heterocycles. The Morgan fingerprint density at radius 3 is 0.735 bits per heavy atom. The summed E-state index contributed by atoms with van der Waals surface area (Å²) < 4.78 is 17.0. The van der Waals surface area contributed by atoms with Crippen LogP contribution in [0.1, 0.15) is 303 Å². The number of carbonyl (C=O) groups excluding carboxylic acids is 3. The standard InChI is InChI=1S/C77H126O6/c1-4-7-10-13-16-19-22-25-28-31-33-35-36-37-38-39-40-42-43-46-49-52-55-58-61-64-67-70-76(79)82-73-74(72-81-75(78)69-66-63-60-57-54-51-48-45-30-27-24-21-18-15-12-9-6-3)83-77(80)71-68-65-62-59-56-53-50-47-44-41-34-32-29-26-23-20-17-14-11-8-5-2/h7-8,10-11,16-21,25-30,33-35,37-38,41,47,50,74H,4-6,9,12-15,22-24,31-32,36,39-40,42-46,48-49,51-73H2,1-3H3/b10-7-,11-8-,19-16-,20-17-,21-18-,28-25-,29-26-,30-27-,35-33-,38-37-,41-34-,50-47-. The molecule has 0 rings (SSSR count). The third-order valence-corrected chi connectivity index (χ3v) is 14.3. The van der Waals surface area contributed by atoms with Gasteiger partial charge in [-0.2, -0.15) is 0 Å². The lowest BCUT2D eigenvalue weighted by Gasteiger charge is -2.18. The molecule has 0 aliphatic carbocycles. The van der Waals surface area contributed by atoms with E-state index in [4.69, 9.17) is 14.2 Å². The average molecular weight is 1150 g/mol. The summed E-state index contributed by atoms with van der Waals surface area (Å²) in [6.07, 6.45) is 99.9. The zero-order valence-electron chi connectivity index (χ0n) is 53.9. The maximum atomic E-state index is 13.0. The van der Waals surface area contributed by atoms with E-state index >= 15 is 0 Å². The molecule has 0 spiro atoms. The van der Waals surface area contributed by atoms with Gasteiger partial charge in [-0.25, -0.2) is 0 Å². The number of hydrogen-bond donors (Lipinski definition) is 0. The molecule has 0 N–H and O–H groups in total. The first-order valence-electron chi connectivity index (χ1n) is 34.3. The first-order valence-corrected chi connectivity index (χ1v) is 34.3. The highest BCUT2D eigenvalue weighted by atomic mass is 16.6. The van der Waals surface area contributed by atoms with Crippen LogP contribution in [0.3, 0.4) is 0 Å². The molecule has 0 aromatic carbocycles. The van der Waals surface area contributed by atoms with Gasteiger partial charge in [-0.1, -0.05) is 289 Å². The molecule has 0 saturated carbocycles. The van der Waals surface area contributed by atoms with Gasteiger partial charge in [-0.05, 0) is 141 Å². The largest absolute Gasteiger partial charge is 0.462 e. The minimum absolute atomic E-state index is 0.0942. The second kappa shape index (κ2) is 69.8. The van der Waals surface area contributed by atoms with Crippen molar-refractivity contribution in [3.63, 3.8) is 0 Å². The molecule has 6 nitrogen and oxygen atoms in total. The molecule has 0 aliphatic heterocycles. The second-order valence-corrected chi connectivity index (χ2v) is 22.3. The monoisotopic (exact) mass is 1150 g/mol. The number of carbonyl (C=O) groups is 3. The minimum Gasteiger partial charge on any atom is -0.462 e. The lowest BCUT2D eigenvalue weighted by molar-refractivity contribution is -0.167. The number of allylic oxidation sites excluding steroid dienone is 24. The van der Waals surface area contributed by atoms with E-state index in [0.29, 0.717) is 19.3 Å². The van der Waals surface area contributed by atoms with E-state index < -0.39 is 6.10 Å². The summed E-state index contributed by atoms with van der Waals surface area (Å²) in [5.74, 6) is -0.919. The summed E-state index contributed by atoms with van der Waals surface area (Å²) in [7, 11) is 0. The van der Waals surface area contributed by atoms with Gasteiger partial charge in [-0.15, -0.1) is 0 Å². The summed E-state index contributed by atoms with van der Waals surface area (Å²) in [4.78, 5) is 38.5.